The second-order valence-corrected chi connectivity index (χ2v) is 4.16. The first kappa shape index (κ1) is 11.9. The lowest BCUT2D eigenvalue weighted by Gasteiger charge is -2.05. The molecule has 0 fully saturated rings. The number of halogens is 1. The van der Waals surface area contributed by atoms with Crippen molar-refractivity contribution in [3.63, 3.8) is 0 Å². The van der Waals surface area contributed by atoms with Gasteiger partial charge in [0.2, 0.25) is 11.7 Å². The third-order valence-corrected chi connectivity index (χ3v) is 2.40. The third-order valence-electron chi connectivity index (χ3n) is 2.21. The summed E-state index contributed by atoms with van der Waals surface area (Å²) in [5, 5.41) is 3.60. The van der Waals surface area contributed by atoms with E-state index in [1.54, 1.807) is 6.92 Å². The van der Waals surface area contributed by atoms with Gasteiger partial charge in [-0.05, 0) is 26.0 Å². The summed E-state index contributed by atoms with van der Waals surface area (Å²) < 4.78 is 10.6. The monoisotopic (exact) mass is 252 g/mol. The van der Waals surface area contributed by atoms with Gasteiger partial charge in [-0.15, -0.1) is 11.6 Å². The van der Waals surface area contributed by atoms with Crippen LogP contribution in [0.3, 0.4) is 0 Å². The summed E-state index contributed by atoms with van der Waals surface area (Å²) >= 11 is 5.88. The molecule has 1 aromatic heterocycles. The maximum Gasteiger partial charge on any atom is 0.244 e. The summed E-state index contributed by atoms with van der Waals surface area (Å²) in [5.74, 6) is 1.65. The molecule has 0 amide bonds. The lowest BCUT2D eigenvalue weighted by Crippen LogP contribution is -1.94. The Labute approximate surface area is 105 Å². The summed E-state index contributed by atoms with van der Waals surface area (Å²) in [7, 11) is 0. The molecule has 5 heteroatoms. The van der Waals surface area contributed by atoms with Crippen molar-refractivity contribution in [2.24, 2.45) is 0 Å². The number of aromatic nitrogens is 2. The molecule has 2 aromatic rings. The first-order valence-corrected chi connectivity index (χ1v) is 5.86. The van der Waals surface area contributed by atoms with Crippen LogP contribution in [0, 0.1) is 0 Å². The van der Waals surface area contributed by atoms with Crippen LogP contribution in [0.4, 0.5) is 0 Å². The molecular formula is C12H13ClN2O2. The molecule has 0 spiro atoms. The number of benzene rings is 1. The fraction of sp³-hybridized carbons (Fsp3) is 0.333. The average Bonchev–Trinajstić information content (AvgIpc) is 2.79. The molecule has 17 heavy (non-hydrogen) atoms. The number of para-hydroxylation sites is 1. The Morgan fingerprint density at radius 1 is 1.41 bits per heavy atom. The largest absolute Gasteiger partial charge is 0.493 e. The normalized spacial score (nSPS) is 12.4. The summed E-state index contributed by atoms with van der Waals surface area (Å²) in [6.07, 6.45) is 0. The topological polar surface area (TPSA) is 48.2 Å². The van der Waals surface area contributed by atoms with Crippen LogP contribution in [0.25, 0.3) is 11.4 Å². The minimum Gasteiger partial charge on any atom is -0.493 e. The van der Waals surface area contributed by atoms with Gasteiger partial charge < -0.3 is 9.26 Å². The number of alkyl halides is 1. The van der Waals surface area contributed by atoms with E-state index in [1.165, 1.54) is 0 Å². The fourth-order valence-corrected chi connectivity index (χ4v) is 1.53. The highest BCUT2D eigenvalue weighted by Crippen LogP contribution is 2.29. The minimum absolute atomic E-state index is 0.296. The molecule has 0 N–H and O–H groups in total. The van der Waals surface area contributed by atoms with Gasteiger partial charge >= 0.3 is 0 Å². The molecule has 4 nitrogen and oxygen atoms in total. The number of rotatable bonds is 4. The first-order chi connectivity index (χ1) is 8.22. The Kier molecular flexibility index (Phi) is 3.64. The Balaban J connectivity index is 2.38. The lowest BCUT2D eigenvalue weighted by molar-refractivity contribution is 0.341. The van der Waals surface area contributed by atoms with Crippen LogP contribution in [-0.2, 0) is 0 Å². The maximum absolute atomic E-state index is 5.88. The predicted octanol–water partition coefficient (Wildman–Crippen LogP) is 3.44. The van der Waals surface area contributed by atoms with Gasteiger partial charge in [0.1, 0.15) is 11.1 Å². The van der Waals surface area contributed by atoms with Gasteiger partial charge in [-0.2, -0.15) is 4.98 Å². The van der Waals surface area contributed by atoms with Crippen molar-refractivity contribution in [3.8, 4) is 17.1 Å². The molecule has 0 aliphatic carbocycles. The zero-order chi connectivity index (χ0) is 12.3. The molecule has 1 unspecified atom stereocenters. The van der Waals surface area contributed by atoms with Crippen LogP contribution in [0.15, 0.2) is 28.8 Å². The number of hydrogen-bond donors (Lipinski definition) is 0. The highest BCUT2D eigenvalue weighted by atomic mass is 35.5. The smallest absolute Gasteiger partial charge is 0.244 e. The van der Waals surface area contributed by atoms with Crippen LogP contribution in [0.1, 0.15) is 25.1 Å². The van der Waals surface area contributed by atoms with E-state index in [4.69, 9.17) is 20.9 Å². The molecule has 0 bridgehead atoms. The maximum atomic E-state index is 5.88. The first-order valence-electron chi connectivity index (χ1n) is 5.42. The van der Waals surface area contributed by atoms with E-state index in [9.17, 15) is 0 Å². The van der Waals surface area contributed by atoms with Crippen molar-refractivity contribution in [2.45, 2.75) is 19.2 Å². The van der Waals surface area contributed by atoms with Crippen LogP contribution < -0.4 is 4.74 Å². The Hall–Kier alpha value is -1.55. The molecule has 2 rings (SSSR count). The van der Waals surface area contributed by atoms with Crippen molar-refractivity contribution in [2.75, 3.05) is 6.61 Å². The molecule has 1 atom stereocenters. The standard InChI is InChI=1S/C12H13ClN2O2/c1-3-16-10-7-5-4-6-9(10)11-14-12(8(2)13)17-15-11/h4-8H,3H2,1-2H3. The van der Waals surface area contributed by atoms with E-state index in [1.807, 2.05) is 31.2 Å². The fourth-order valence-electron chi connectivity index (χ4n) is 1.44. The summed E-state index contributed by atoms with van der Waals surface area (Å²) in [6.45, 7) is 4.31. The van der Waals surface area contributed by atoms with Crippen LogP contribution in [-0.4, -0.2) is 16.7 Å². The molecule has 0 aliphatic rings. The number of nitrogens with zero attached hydrogens (tertiary/aromatic N) is 2. The van der Waals surface area contributed by atoms with Gasteiger partial charge in [0.25, 0.3) is 0 Å². The molecule has 1 aromatic carbocycles. The van der Waals surface area contributed by atoms with Crippen molar-refractivity contribution in [3.05, 3.63) is 30.2 Å². The van der Waals surface area contributed by atoms with Gasteiger partial charge in [0, 0.05) is 0 Å². The van der Waals surface area contributed by atoms with E-state index in [0.29, 0.717) is 18.3 Å². The van der Waals surface area contributed by atoms with E-state index < -0.39 is 0 Å². The van der Waals surface area contributed by atoms with E-state index >= 15 is 0 Å². The second kappa shape index (κ2) is 5.19. The van der Waals surface area contributed by atoms with Gasteiger partial charge in [-0.25, -0.2) is 0 Å². The quantitative estimate of drug-likeness (QED) is 0.782. The Morgan fingerprint density at radius 3 is 2.82 bits per heavy atom. The van der Waals surface area contributed by atoms with Crippen LogP contribution >= 0.6 is 11.6 Å². The zero-order valence-electron chi connectivity index (χ0n) is 9.68. The average molecular weight is 253 g/mol. The molecular weight excluding hydrogens is 240 g/mol. The number of hydrogen-bond acceptors (Lipinski definition) is 4. The van der Waals surface area contributed by atoms with Gasteiger partial charge in [0.05, 0.1) is 12.2 Å². The SMILES string of the molecule is CCOc1ccccc1-c1noc(C(C)Cl)n1. The highest BCUT2D eigenvalue weighted by molar-refractivity contribution is 6.20. The molecule has 0 saturated carbocycles. The van der Waals surface area contributed by atoms with Crippen molar-refractivity contribution < 1.29 is 9.26 Å². The molecule has 0 aliphatic heterocycles. The summed E-state index contributed by atoms with van der Waals surface area (Å²) in [4.78, 5) is 4.23. The van der Waals surface area contributed by atoms with Crippen LogP contribution in [0.5, 0.6) is 5.75 Å². The lowest BCUT2D eigenvalue weighted by atomic mass is 10.2. The van der Waals surface area contributed by atoms with Gasteiger partial charge in [0.15, 0.2) is 0 Å². The molecule has 0 radical (unpaired) electrons. The van der Waals surface area contributed by atoms with Gasteiger partial charge in [-0.1, -0.05) is 17.3 Å². The zero-order valence-corrected chi connectivity index (χ0v) is 10.4. The second-order valence-electron chi connectivity index (χ2n) is 3.50. The summed E-state index contributed by atoms with van der Waals surface area (Å²) in [5.41, 5.74) is 0.807. The predicted molar refractivity (Wildman–Crippen MR) is 65.2 cm³/mol. The van der Waals surface area contributed by atoms with E-state index in [0.717, 1.165) is 11.3 Å². The summed E-state index contributed by atoms with van der Waals surface area (Å²) in [6, 6.07) is 7.56. The highest BCUT2D eigenvalue weighted by Gasteiger charge is 2.15. The molecule has 1 heterocycles. The Morgan fingerprint density at radius 2 is 2.18 bits per heavy atom. The van der Waals surface area contributed by atoms with Crippen LogP contribution in [0.2, 0.25) is 0 Å². The van der Waals surface area contributed by atoms with E-state index in [2.05, 4.69) is 10.1 Å². The van der Waals surface area contributed by atoms with Crippen molar-refractivity contribution >= 4 is 11.6 Å². The van der Waals surface area contributed by atoms with Crippen molar-refractivity contribution in [1.29, 1.82) is 0 Å². The Bertz CT molecular complexity index is 497. The van der Waals surface area contributed by atoms with Crippen molar-refractivity contribution in [1.82, 2.24) is 10.1 Å². The number of ether oxygens (including phenoxy) is 1. The minimum atomic E-state index is -0.296. The molecule has 90 valence electrons. The third kappa shape index (κ3) is 2.58. The van der Waals surface area contributed by atoms with Gasteiger partial charge in [-0.3, -0.25) is 0 Å². The van der Waals surface area contributed by atoms with E-state index in [-0.39, 0.29) is 5.38 Å². The molecule has 0 saturated heterocycles.